The van der Waals surface area contributed by atoms with Gasteiger partial charge in [0, 0.05) is 9.26 Å². The van der Waals surface area contributed by atoms with E-state index in [-0.39, 0.29) is 17.5 Å². The van der Waals surface area contributed by atoms with Crippen LogP contribution in [0, 0.1) is 10.5 Å². The van der Waals surface area contributed by atoms with E-state index in [9.17, 15) is 10.2 Å². The minimum Gasteiger partial charge on any atom is -0.507 e. The summed E-state index contributed by atoms with van der Waals surface area (Å²) in [5.41, 5.74) is 2.70. The van der Waals surface area contributed by atoms with Gasteiger partial charge in [0.2, 0.25) is 0 Å². The van der Waals surface area contributed by atoms with Crippen molar-refractivity contribution >= 4 is 28.3 Å². The second-order valence-corrected chi connectivity index (χ2v) is 5.70. The molecule has 0 spiro atoms. The third-order valence-electron chi connectivity index (χ3n) is 3.05. The normalized spacial score (nSPS) is 12.2. The van der Waals surface area contributed by atoms with Gasteiger partial charge in [0.1, 0.15) is 11.5 Å². The van der Waals surface area contributed by atoms with Crippen molar-refractivity contribution in [3.05, 3.63) is 51.1 Å². The fourth-order valence-corrected chi connectivity index (χ4v) is 2.50. The molecule has 0 aliphatic heterocycles. The van der Waals surface area contributed by atoms with Crippen molar-refractivity contribution in [3.8, 4) is 11.5 Å². The van der Waals surface area contributed by atoms with E-state index in [1.54, 1.807) is 18.2 Å². The van der Waals surface area contributed by atoms with E-state index in [0.29, 0.717) is 5.56 Å². The van der Waals surface area contributed by atoms with Crippen LogP contribution in [0.1, 0.15) is 24.1 Å². The molecule has 0 fully saturated rings. The molecule has 4 heteroatoms. The van der Waals surface area contributed by atoms with Crippen LogP contribution in [-0.4, -0.2) is 10.2 Å². The molecule has 0 aliphatic carbocycles. The number of halogens is 1. The molecular formula is C15H16INO2. The molecule has 1 unspecified atom stereocenters. The number of rotatable bonds is 3. The van der Waals surface area contributed by atoms with E-state index < -0.39 is 0 Å². The molecule has 2 aromatic carbocycles. The highest BCUT2D eigenvalue weighted by Crippen LogP contribution is 2.34. The SMILES string of the molecule is Cc1ccc(NC(C)c2c(O)cccc2O)cc1I. The molecular weight excluding hydrogens is 353 g/mol. The van der Waals surface area contributed by atoms with Crippen molar-refractivity contribution in [3.63, 3.8) is 0 Å². The predicted molar refractivity (Wildman–Crippen MR) is 85.7 cm³/mol. The zero-order valence-corrected chi connectivity index (χ0v) is 13.0. The summed E-state index contributed by atoms with van der Waals surface area (Å²) in [5, 5.41) is 23.0. The Labute approximate surface area is 126 Å². The summed E-state index contributed by atoms with van der Waals surface area (Å²) in [6.45, 7) is 3.96. The fourth-order valence-electron chi connectivity index (χ4n) is 1.99. The lowest BCUT2D eigenvalue weighted by molar-refractivity contribution is 0.434. The third-order valence-corrected chi connectivity index (χ3v) is 4.21. The molecule has 0 aromatic heterocycles. The molecule has 0 radical (unpaired) electrons. The zero-order chi connectivity index (χ0) is 14.0. The summed E-state index contributed by atoms with van der Waals surface area (Å²) in [6, 6.07) is 10.7. The average molecular weight is 369 g/mol. The first-order valence-corrected chi connectivity index (χ1v) is 7.10. The monoisotopic (exact) mass is 369 g/mol. The Morgan fingerprint density at radius 1 is 1.11 bits per heavy atom. The van der Waals surface area contributed by atoms with Crippen molar-refractivity contribution in [2.24, 2.45) is 0 Å². The molecule has 100 valence electrons. The summed E-state index contributed by atoms with van der Waals surface area (Å²) < 4.78 is 1.18. The van der Waals surface area contributed by atoms with Gasteiger partial charge in [-0.2, -0.15) is 0 Å². The first-order valence-electron chi connectivity index (χ1n) is 6.02. The number of hydrogen-bond acceptors (Lipinski definition) is 3. The maximum atomic E-state index is 9.84. The third kappa shape index (κ3) is 3.12. The number of phenolic OH excluding ortho intramolecular Hbond substituents is 2. The molecule has 3 N–H and O–H groups in total. The first kappa shape index (κ1) is 14.0. The van der Waals surface area contributed by atoms with Crippen molar-refractivity contribution < 1.29 is 10.2 Å². The maximum Gasteiger partial charge on any atom is 0.124 e. The predicted octanol–water partition coefficient (Wildman–Crippen LogP) is 4.18. The lowest BCUT2D eigenvalue weighted by atomic mass is 10.1. The van der Waals surface area contributed by atoms with Gasteiger partial charge in [0.05, 0.1) is 11.6 Å². The van der Waals surface area contributed by atoms with E-state index in [2.05, 4.69) is 34.8 Å². The molecule has 0 bridgehead atoms. The summed E-state index contributed by atoms with van der Waals surface area (Å²) in [7, 11) is 0. The standard InChI is InChI=1S/C15H16INO2/c1-9-6-7-11(8-12(9)16)17-10(2)15-13(18)4-3-5-14(15)19/h3-8,10,17-19H,1-2H3. The fraction of sp³-hybridized carbons (Fsp3) is 0.200. The summed E-state index contributed by atoms with van der Waals surface area (Å²) in [6.07, 6.45) is 0. The second kappa shape index (κ2) is 5.69. The lowest BCUT2D eigenvalue weighted by Gasteiger charge is -2.18. The van der Waals surface area contributed by atoms with Crippen LogP contribution in [0.25, 0.3) is 0 Å². The molecule has 19 heavy (non-hydrogen) atoms. The van der Waals surface area contributed by atoms with Gasteiger partial charge in [-0.1, -0.05) is 12.1 Å². The average Bonchev–Trinajstić information content (AvgIpc) is 2.33. The minimum atomic E-state index is -0.181. The quantitative estimate of drug-likeness (QED) is 0.712. The van der Waals surface area contributed by atoms with Gasteiger partial charge in [0.15, 0.2) is 0 Å². The number of aryl methyl sites for hydroxylation is 1. The highest BCUT2D eigenvalue weighted by Gasteiger charge is 2.14. The smallest absolute Gasteiger partial charge is 0.124 e. The van der Waals surface area contributed by atoms with Crippen molar-refractivity contribution in [2.45, 2.75) is 19.9 Å². The second-order valence-electron chi connectivity index (χ2n) is 4.54. The molecule has 3 nitrogen and oxygen atoms in total. The van der Waals surface area contributed by atoms with Crippen LogP contribution in [0.3, 0.4) is 0 Å². The van der Waals surface area contributed by atoms with Gasteiger partial charge in [-0.15, -0.1) is 0 Å². The highest BCUT2D eigenvalue weighted by molar-refractivity contribution is 14.1. The van der Waals surface area contributed by atoms with Crippen LogP contribution < -0.4 is 5.32 Å². The number of aromatic hydroxyl groups is 2. The number of benzene rings is 2. The van der Waals surface area contributed by atoms with E-state index in [4.69, 9.17) is 0 Å². The Morgan fingerprint density at radius 3 is 2.32 bits per heavy atom. The molecule has 0 aliphatic rings. The van der Waals surface area contributed by atoms with Crippen LogP contribution in [0.5, 0.6) is 11.5 Å². The topological polar surface area (TPSA) is 52.5 Å². The number of nitrogens with one attached hydrogen (secondary N) is 1. The number of anilines is 1. The highest BCUT2D eigenvalue weighted by atomic mass is 127. The van der Waals surface area contributed by atoms with Crippen LogP contribution in [0.4, 0.5) is 5.69 Å². The van der Waals surface area contributed by atoms with Gasteiger partial charge >= 0.3 is 0 Å². The van der Waals surface area contributed by atoms with Crippen LogP contribution in [0.15, 0.2) is 36.4 Å². The van der Waals surface area contributed by atoms with Gasteiger partial charge in [-0.25, -0.2) is 0 Å². The molecule has 2 rings (SSSR count). The maximum absolute atomic E-state index is 9.84. The Balaban J connectivity index is 2.25. The summed E-state index contributed by atoms with van der Waals surface area (Å²) in [5.74, 6) is 0.198. The number of phenols is 2. The van der Waals surface area contributed by atoms with Crippen LogP contribution >= 0.6 is 22.6 Å². The molecule has 1 atom stereocenters. The van der Waals surface area contributed by atoms with Crippen molar-refractivity contribution in [1.29, 1.82) is 0 Å². The lowest BCUT2D eigenvalue weighted by Crippen LogP contribution is -2.07. The van der Waals surface area contributed by atoms with Crippen LogP contribution in [0.2, 0.25) is 0 Å². The van der Waals surface area contributed by atoms with E-state index >= 15 is 0 Å². The summed E-state index contributed by atoms with van der Waals surface area (Å²) in [4.78, 5) is 0. The van der Waals surface area contributed by atoms with Crippen LogP contribution in [-0.2, 0) is 0 Å². The Kier molecular flexibility index (Phi) is 4.19. The summed E-state index contributed by atoms with van der Waals surface area (Å²) >= 11 is 2.29. The van der Waals surface area contributed by atoms with E-state index in [0.717, 1.165) is 5.69 Å². The minimum absolute atomic E-state index is 0.0989. The number of hydrogen-bond donors (Lipinski definition) is 3. The van der Waals surface area contributed by atoms with Gasteiger partial charge in [-0.3, -0.25) is 0 Å². The zero-order valence-electron chi connectivity index (χ0n) is 10.8. The van der Waals surface area contributed by atoms with Gasteiger partial charge in [-0.05, 0) is 66.3 Å². The van der Waals surface area contributed by atoms with Crippen molar-refractivity contribution in [2.75, 3.05) is 5.32 Å². The van der Waals surface area contributed by atoms with Crippen molar-refractivity contribution in [1.82, 2.24) is 0 Å². The molecule has 0 heterocycles. The Hall–Kier alpha value is -1.43. The van der Waals surface area contributed by atoms with E-state index in [1.165, 1.54) is 9.13 Å². The van der Waals surface area contributed by atoms with Gasteiger partial charge < -0.3 is 15.5 Å². The van der Waals surface area contributed by atoms with E-state index in [1.807, 2.05) is 25.1 Å². The molecule has 0 saturated carbocycles. The largest absolute Gasteiger partial charge is 0.507 e. The molecule has 2 aromatic rings. The molecule has 0 amide bonds. The Morgan fingerprint density at radius 2 is 1.74 bits per heavy atom. The first-order chi connectivity index (χ1) is 8.99. The molecule has 0 saturated heterocycles. The Bertz CT molecular complexity index is 578. The van der Waals surface area contributed by atoms with Gasteiger partial charge in [0.25, 0.3) is 0 Å².